The molecule has 2 N–H and O–H groups in total. The summed E-state index contributed by atoms with van der Waals surface area (Å²) in [6.45, 7) is 0. The van der Waals surface area contributed by atoms with Gasteiger partial charge in [-0.15, -0.1) is 0 Å². The van der Waals surface area contributed by atoms with Crippen LogP contribution in [-0.4, -0.2) is 48.0 Å². The molecule has 1 unspecified atom stereocenters. The largest absolute Gasteiger partial charge is 0.477 e. The number of Topliss-reactive ketones (excluding diaryl/α,β-unsaturated/α-hetero) is 1. The van der Waals surface area contributed by atoms with E-state index < -0.39 is 23.8 Å². The molecule has 0 amide bonds. The Morgan fingerprint density at radius 1 is 1.26 bits per heavy atom. The van der Waals surface area contributed by atoms with Crippen LogP contribution in [0, 0.1) is 0 Å². The van der Waals surface area contributed by atoms with Crippen LogP contribution in [0.3, 0.4) is 0 Å². The number of carboxylic acids is 1. The maximum atomic E-state index is 12.1. The fourth-order valence-electron chi connectivity index (χ4n) is 2.85. The monoisotopic (exact) mass is 323 g/mol. The van der Waals surface area contributed by atoms with Gasteiger partial charge in [0.25, 0.3) is 0 Å². The van der Waals surface area contributed by atoms with Crippen LogP contribution in [0.15, 0.2) is 0 Å². The lowest BCUT2D eigenvalue weighted by Gasteiger charge is -2.21. The number of H-pyrrole nitrogens is 1. The molecule has 1 atom stereocenters. The van der Waals surface area contributed by atoms with E-state index in [1.807, 2.05) is 0 Å². The quantitative estimate of drug-likeness (QED) is 0.776. The van der Waals surface area contributed by atoms with Crippen molar-refractivity contribution in [2.75, 3.05) is 14.2 Å². The Bertz CT molecular complexity index is 674. The summed E-state index contributed by atoms with van der Waals surface area (Å²) in [5.41, 5.74) is 0.544. The van der Waals surface area contributed by atoms with Crippen molar-refractivity contribution >= 4 is 23.7 Å². The molecule has 23 heavy (non-hydrogen) atoms. The number of ether oxygens (including phenoxy) is 2. The first-order valence-electron chi connectivity index (χ1n) is 7.06. The minimum atomic E-state index is -1.25. The van der Waals surface area contributed by atoms with Gasteiger partial charge in [-0.2, -0.15) is 0 Å². The van der Waals surface area contributed by atoms with Crippen LogP contribution in [0.5, 0.6) is 0 Å². The van der Waals surface area contributed by atoms with Crippen LogP contribution in [0.25, 0.3) is 0 Å². The Kier molecular flexibility index (Phi) is 4.83. The van der Waals surface area contributed by atoms with E-state index in [4.69, 9.17) is 4.74 Å². The fraction of sp³-hybridized carbons (Fsp3) is 0.467. The van der Waals surface area contributed by atoms with Crippen LogP contribution in [0.4, 0.5) is 0 Å². The lowest BCUT2D eigenvalue weighted by atomic mass is 9.82. The molecule has 0 saturated carbocycles. The number of carboxylic acid groups (broad SMARTS) is 1. The zero-order valence-electron chi connectivity index (χ0n) is 12.8. The number of aromatic amines is 1. The van der Waals surface area contributed by atoms with Crippen molar-refractivity contribution in [3.05, 3.63) is 22.5 Å². The van der Waals surface area contributed by atoms with E-state index in [0.717, 1.165) is 0 Å². The van der Waals surface area contributed by atoms with E-state index in [1.165, 1.54) is 14.2 Å². The van der Waals surface area contributed by atoms with Crippen LogP contribution in [-0.2, 0) is 25.5 Å². The van der Waals surface area contributed by atoms with Crippen LogP contribution < -0.4 is 0 Å². The topological polar surface area (TPSA) is 123 Å². The van der Waals surface area contributed by atoms with Gasteiger partial charge in [0.2, 0.25) is 0 Å². The van der Waals surface area contributed by atoms with Crippen molar-refractivity contribution in [2.45, 2.75) is 31.6 Å². The minimum absolute atomic E-state index is 0.0524. The van der Waals surface area contributed by atoms with Crippen LogP contribution >= 0.6 is 0 Å². The molecule has 1 heterocycles. The molecule has 0 bridgehead atoms. The summed E-state index contributed by atoms with van der Waals surface area (Å²) in [6, 6.07) is 0. The van der Waals surface area contributed by atoms with Gasteiger partial charge in [-0.3, -0.25) is 14.4 Å². The number of aromatic carboxylic acids is 1. The van der Waals surface area contributed by atoms with E-state index >= 15 is 0 Å². The molecule has 124 valence electrons. The van der Waals surface area contributed by atoms with Crippen LogP contribution in [0.2, 0.25) is 0 Å². The number of hydrogen-bond donors (Lipinski definition) is 2. The predicted octanol–water partition coefficient (Wildman–Crippen LogP) is 1.05. The predicted molar refractivity (Wildman–Crippen MR) is 76.4 cm³/mol. The zero-order chi connectivity index (χ0) is 17.1. The summed E-state index contributed by atoms with van der Waals surface area (Å²) in [7, 11) is 2.46. The van der Waals surface area contributed by atoms with Gasteiger partial charge in [-0.05, 0) is 24.0 Å². The van der Waals surface area contributed by atoms with E-state index in [0.29, 0.717) is 5.56 Å². The third-order valence-electron chi connectivity index (χ3n) is 3.94. The normalized spacial score (nSPS) is 16.6. The maximum Gasteiger partial charge on any atom is 0.352 e. The molecule has 0 fully saturated rings. The summed E-state index contributed by atoms with van der Waals surface area (Å²) in [6.07, 6.45) is 0.382. The molecule has 2 rings (SSSR count). The smallest absolute Gasteiger partial charge is 0.352 e. The Hall–Kier alpha value is -2.64. The molecule has 0 radical (unpaired) electrons. The Morgan fingerprint density at radius 3 is 2.52 bits per heavy atom. The molecular formula is C15H17NO7. The number of aromatic nitrogens is 1. The summed E-state index contributed by atoms with van der Waals surface area (Å²) in [5, 5.41) is 9.33. The second-order valence-electron chi connectivity index (χ2n) is 5.19. The number of carbonyl (C=O) groups is 4. The summed E-state index contributed by atoms with van der Waals surface area (Å²) < 4.78 is 9.30. The molecule has 0 aliphatic heterocycles. The van der Waals surface area contributed by atoms with Gasteiger partial charge in [0.05, 0.1) is 25.8 Å². The van der Waals surface area contributed by atoms with Gasteiger partial charge in [0, 0.05) is 12.8 Å². The third kappa shape index (κ3) is 3.10. The maximum absolute atomic E-state index is 12.1. The molecule has 8 heteroatoms. The van der Waals surface area contributed by atoms with E-state index in [-0.39, 0.29) is 48.4 Å². The summed E-state index contributed by atoms with van der Waals surface area (Å²) >= 11 is 0. The third-order valence-corrected chi connectivity index (χ3v) is 3.94. The number of nitrogens with one attached hydrogen (secondary N) is 1. The van der Waals surface area contributed by atoms with Crippen LogP contribution in [0.1, 0.15) is 57.3 Å². The number of ketones is 1. The average Bonchev–Trinajstić information content (AvgIpc) is 2.93. The van der Waals surface area contributed by atoms with Crippen molar-refractivity contribution in [2.24, 2.45) is 0 Å². The molecule has 0 spiro atoms. The molecule has 1 aromatic heterocycles. The molecule has 0 aromatic carbocycles. The SMILES string of the molecule is COC(=O)CCc1c(C(=O)O)[nH]c2c1C(C(=O)OC)CCC2=O. The first-order valence-corrected chi connectivity index (χ1v) is 7.06. The number of hydrogen-bond acceptors (Lipinski definition) is 6. The number of methoxy groups -OCH3 is 2. The van der Waals surface area contributed by atoms with Crippen molar-refractivity contribution < 1.29 is 33.8 Å². The highest BCUT2D eigenvalue weighted by molar-refractivity contribution is 6.03. The highest BCUT2D eigenvalue weighted by Crippen LogP contribution is 2.37. The van der Waals surface area contributed by atoms with E-state index in [1.54, 1.807) is 0 Å². The molecule has 0 saturated heterocycles. The zero-order valence-corrected chi connectivity index (χ0v) is 12.8. The lowest BCUT2D eigenvalue weighted by molar-refractivity contribution is -0.142. The van der Waals surface area contributed by atoms with Gasteiger partial charge in [-0.1, -0.05) is 0 Å². The Morgan fingerprint density at radius 2 is 1.96 bits per heavy atom. The molecular weight excluding hydrogens is 306 g/mol. The first kappa shape index (κ1) is 16.7. The van der Waals surface area contributed by atoms with Gasteiger partial charge in [0.15, 0.2) is 5.78 Å². The fourth-order valence-corrected chi connectivity index (χ4v) is 2.85. The summed E-state index contributed by atoms with van der Waals surface area (Å²) in [5.74, 6) is -3.27. The van der Waals surface area contributed by atoms with E-state index in [2.05, 4.69) is 9.72 Å². The van der Waals surface area contributed by atoms with Gasteiger partial charge in [0.1, 0.15) is 5.69 Å². The standard InChI is InChI=1S/C15H17NO7/c1-22-10(18)6-4-7-11-8(15(21)23-2)3-5-9(17)13(11)16-12(7)14(19)20/h8,16H,3-6H2,1-2H3,(H,19,20). The Labute approximate surface area is 131 Å². The van der Waals surface area contributed by atoms with Crippen molar-refractivity contribution in [3.63, 3.8) is 0 Å². The van der Waals surface area contributed by atoms with Crippen molar-refractivity contribution in [3.8, 4) is 0 Å². The molecule has 1 aliphatic carbocycles. The highest BCUT2D eigenvalue weighted by Gasteiger charge is 2.37. The number of esters is 2. The van der Waals surface area contributed by atoms with Gasteiger partial charge in [-0.25, -0.2) is 4.79 Å². The first-order chi connectivity index (χ1) is 10.9. The van der Waals surface area contributed by atoms with Gasteiger partial charge >= 0.3 is 17.9 Å². The average molecular weight is 323 g/mol. The second-order valence-corrected chi connectivity index (χ2v) is 5.19. The molecule has 1 aromatic rings. The van der Waals surface area contributed by atoms with Crippen molar-refractivity contribution in [1.82, 2.24) is 4.98 Å². The number of fused-ring (bicyclic) bond motifs is 1. The lowest BCUT2D eigenvalue weighted by Crippen LogP contribution is -2.23. The summed E-state index contributed by atoms with van der Waals surface area (Å²) in [4.78, 5) is 49.4. The highest BCUT2D eigenvalue weighted by atomic mass is 16.5. The molecule has 1 aliphatic rings. The minimum Gasteiger partial charge on any atom is -0.477 e. The molecule has 8 nitrogen and oxygen atoms in total. The number of carbonyl (C=O) groups excluding carboxylic acids is 3. The van der Waals surface area contributed by atoms with Gasteiger partial charge < -0.3 is 19.6 Å². The Balaban J connectivity index is 2.53. The second kappa shape index (κ2) is 6.64. The van der Waals surface area contributed by atoms with Crippen molar-refractivity contribution in [1.29, 1.82) is 0 Å². The number of rotatable bonds is 5. The van der Waals surface area contributed by atoms with E-state index in [9.17, 15) is 24.3 Å².